The number of likely N-dealkylation sites (N-methyl/N-ethyl adjacent to an activating group) is 1. The van der Waals surface area contributed by atoms with E-state index in [0.717, 1.165) is 11.3 Å². The first kappa shape index (κ1) is 14.2. The normalized spacial score (nSPS) is 11.9. The number of pyridine rings is 1. The molecule has 0 aliphatic rings. The average molecular weight is 269 g/mol. The molecule has 4 nitrogen and oxygen atoms in total. The molecule has 0 aliphatic carbocycles. The maximum Gasteiger partial charge on any atom is 0.235 e. The lowest BCUT2D eigenvalue weighted by molar-refractivity contribution is -0.119. The van der Waals surface area contributed by atoms with Crippen LogP contribution in [0.5, 0.6) is 0 Å². The molecule has 4 heteroatoms. The second-order valence-corrected chi connectivity index (χ2v) is 4.49. The second kappa shape index (κ2) is 6.82. The van der Waals surface area contributed by atoms with Gasteiger partial charge in [-0.25, -0.2) is 0 Å². The van der Waals surface area contributed by atoms with Crippen LogP contribution in [-0.4, -0.2) is 24.0 Å². The third kappa shape index (κ3) is 3.03. The lowest BCUT2D eigenvalue weighted by Crippen LogP contribution is -2.38. The molecule has 1 atom stereocenters. The van der Waals surface area contributed by atoms with Gasteiger partial charge in [-0.3, -0.25) is 9.78 Å². The highest BCUT2D eigenvalue weighted by Crippen LogP contribution is 2.21. The number of hydrogen-bond acceptors (Lipinski definition) is 3. The summed E-state index contributed by atoms with van der Waals surface area (Å²) in [5, 5.41) is 0. The Balaban J connectivity index is 2.28. The van der Waals surface area contributed by atoms with Crippen LogP contribution in [0.2, 0.25) is 0 Å². The Bertz CT molecular complexity index is 493. The molecule has 1 unspecified atom stereocenters. The van der Waals surface area contributed by atoms with Gasteiger partial charge >= 0.3 is 0 Å². The first-order chi connectivity index (χ1) is 9.77. The van der Waals surface area contributed by atoms with Crippen LogP contribution < -0.4 is 10.6 Å². The summed E-state index contributed by atoms with van der Waals surface area (Å²) < 4.78 is 0. The summed E-state index contributed by atoms with van der Waals surface area (Å²) in [6.45, 7) is 2.85. The number of carbonyl (C=O) groups excluding carboxylic acids is 1. The Morgan fingerprint density at radius 2 is 1.85 bits per heavy atom. The lowest BCUT2D eigenvalue weighted by atomic mass is 9.97. The van der Waals surface area contributed by atoms with E-state index >= 15 is 0 Å². The fourth-order valence-electron chi connectivity index (χ4n) is 2.24. The summed E-state index contributed by atoms with van der Waals surface area (Å²) in [5.74, 6) is -0.295. The monoisotopic (exact) mass is 269 g/mol. The van der Waals surface area contributed by atoms with E-state index in [4.69, 9.17) is 5.73 Å². The predicted octanol–water partition coefficient (Wildman–Crippen LogP) is 2.18. The number of carbonyl (C=O) groups is 1. The fraction of sp³-hybridized carbons (Fsp3) is 0.250. The van der Waals surface area contributed by atoms with E-state index in [0.29, 0.717) is 13.1 Å². The number of nitrogens with zero attached hydrogens (tertiary/aromatic N) is 2. The minimum atomic E-state index is -0.315. The molecule has 2 N–H and O–H groups in total. The third-order valence-electron chi connectivity index (χ3n) is 3.29. The van der Waals surface area contributed by atoms with Gasteiger partial charge in [-0.15, -0.1) is 0 Å². The molecular weight excluding hydrogens is 250 g/mol. The standard InChI is InChI=1S/C16H19N3O/c1-2-19(14-8-10-18-11-9-14)16(20)15(12-17)13-6-4-3-5-7-13/h3-11,15H,2,12,17H2,1H3. The van der Waals surface area contributed by atoms with Gasteiger partial charge in [-0.1, -0.05) is 30.3 Å². The second-order valence-electron chi connectivity index (χ2n) is 4.49. The zero-order valence-electron chi connectivity index (χ0n) is 11.6. The van der Waals surface area contributed by atoms with Crippen LogP contribution in [0, 0.1) is 0 Å². The number of hydrogen-bond donors (Lipinski definition) is 1. The van der Waals surface area contributed by atoms with Crippen molar-refractivity contribution in [2.45, 2.75) is 12.8 Å². The SMILES string of the molecule is CCN(C(=O)C(CN)c1ccccc1)c1ccncc1. The largest absolute Gasteiger partial charge is 0.329 e. The number of nitrogens with two attached hydrogens (primary N) is 1. The van der Waals surface area contributed by atoms with Crippen LogP contribution in [0.25, 0.3) is 0 Å². The van der Waals surface area contributed by atoms with Crippen molar-refractivity contribution >= 4 is 11.6 Å². The maximum absolute atomic E-state index is 12.7. The molecule has 20 heavy (non-hydrogen) atoms. The molecule has 0 fully saturated rings. The van der Waals surface area contributed by atoms with Crippen molar-refractivity contribution in [3.8, 4) is 0 Å². The Morgan fingerprint density at radius 3 is 2.40 bits per heavy atom. The van der Waals surface area contributed by atoms with Crippen molar-refractivity contribution in [3.05, 3.63) is 60.4 Å². The summed E-state index contributed by atoms with van der Waals surface area (Å²) in [4.78, 5) is 18.5. The molecule has 0 saturated carbocycles. The summed E-state index contributed by atoms with van der Waals surface area (Å²) in [6.07, 6.45) is 3.37. The van der Waals surface area contributed by atoms with Crippen LogP contribution in [0.3, 0.4) is 0 Å². The van der Waals surface area contributed by atoms with Gasteiger partial charge in [0, 0.05) is 31.2 Å². The van der Waals surface area contributed by atoms with Crippen LogP contribution in [-0.2, 0) is 4.79 Å². The molecule has 0 aliphatic heterocycles. The molecule has 0 saturated heterocycles. The van der Waals surface area contributed by atoms with Gasteiger partial charge in [0.2, 0.25) is 5.91 Å². The van der Waals surface area contributed by atoms with Crippen molar-refractivity contribution < 1.29 is 4.79 Å². The van der Waals surface area contributed by atoms with E-state index in [1.807, 2.05) is 49.4 Å². The van der Waals surface area contributed by atoms with Crippen LogP contribution >= 0.6 is 0 Å². The number of anilines is 1. The highest BCUT2D eigenvalue weighted by Gasteiger charge is 2.24. The smallest absolute Gasteiger partial charge is 0.235 e. The molecule has 2 rings (SSSR count). The van der Waals surface area contributed by atoms with Gasteiger partial charge in [-0.2, -0.15) is 0 Å². The third-order valence-corrected chi connectivity index (χ3v) is 3.29. The van der Waals surface area contributed by atoms with Crippen LogP contribution in [0.4, 0.5) is 5.69 Å². The Kier molecular flexibility index (Phi) is 4.85. The van der Waals surface area contributed by atoms with Gasteiger partial charge < -0.3 is 10.6 Å². The molecular formula is C16H19N3O. The van der Waals surface area contributed by atoms with Crippen molar-refractivity contribution in [2.75, 3.05) is 18.0 Å². The minimum absolute atomic E-state index is 0.0207. The molecule has 1 heterocycles. The first-order valence-corrected chi connectivity index (χ1v) is 6.74. The van der Waals surface area contributed by atoms with Gasteiger partial charge in [0.1, 0.15) is 0 Å². The lowest BCUT2D eigenvalue weighted by Gasteiger charge is -2.26. The Labute approximate surface area is 119 Å². The summed E-state index contributed by atoms with van der Waals surface area (Å²) >= 11 is 0. The highest BCUT2D eigenvalue weighted by molar-refractivity contribution is 5.98. The topological polar surface area (TPSA) is 59.2 Å². The number of aromatic nitrogens is 1. The zero-order valence-corrected chi connectivity index (χ0v) is 11.6. The molecule has 1 aromatic carbocycles. The predicted molar refractivity (Wildman–Crippen MR) is 80.5 cm³/mol. The van der Waals surface area contributed by atoms with E-state index in [1.54, 1.807) is 17.3 Å². The number of amides is 1. The first-order valence-electron chi connectivity index (χ1n) is 6.74. The van der Waals surface area contributed by atoms with Crippen LogP contribution in [0.15, 0.2) is 54.9 Å². The van der Waals surface area contributed by atoms with Crippen molar-refractivity contribution in [2.24, 2.45) is 5.73 Å². The highest BCUT2D eigenvalue weighted by atomic mass is 16.2. The zero-order chi connectivity index (χ0) is 14.4. The van der Waals surface area contributed by atoms with Gasteiger partial charge in [0.25, 0.3) is 0 Å². The van der Waals surface area contributed by atoms with Crippen LogP contribution in [0.1, 0.15) is 18.4 Å². The Morgan fingerprint density at radius 1 is 1.20 bits per heavy atom. The summed E-state index contributed by atoms with van der Waals surface area (Å²) in [6, 6.07) is 13.3. The minimum Gasteiger partial charge on any atom is -0.329 e. The number of benzene rings is 1. The molecule has 1 amide bonds. The van der Waals surface area contributed by atoms with Crippen molar-refractivity contribution in [3.63, 3.8) is 0 Å². The molecule has 0 bridgehead atoms. The van der Waals surface area contributed by atoms with Gasteiger partial charge in [0.15, 0.2) is 0 Å². The van der Waals surface area contributed by atoms with Crippen molar-refractivity contribution in [1.29, 1.82) is 0 Å². The van der Waals surface area contributed by atoms with Gasteiger partial charge in [-0.05, 0) is 24.6 Å². The maximum atomic E-state index is 12.7. The van der Waals surface area contributed by atoms with E-state index in [9.17, 15) is 4.79 Å². The quantitative estimate of drug-likeness (QED) is 0.905. The van der Waals surface area contributed by atoms with Gasteiger partial charge in [0.05, 0.1) is 5.92 Å². The molecule has 0 radical (unpaired) electrons. The fourth-order valence-corrected chi connectivity index (χ4v) is 2.24. The molecule has 0 spiro atoms. The average Bonchev–Trinajstić information content (AvgIpc) is 2.51. The van der Waals surface area contributed by atoms with E-state index in [1.165, 1.54) is 0 Å². The Hall–Kier alpha value is -2.20. The van der Waals surface area contributed by atoms with E-state index < -0.39 is 0 Å². The van der Waals surface area contributed by atoms with Crippen molar-refractivity contribution in [1.82, 2.24) is 4.98 Å². The summed E-state index contributed by atoms with van der Waals surface area (Å²) in [7, 11) is 0. The molecule has 104 valence electrons. The molecule has 1 aromatic heterocycles. The molecule has 2 aromatic rings. The van der Waals surface area contributed by atoms with E-state index in [2.05, 4.69) is 4.98 Å². The number of rotatable bonds is 5. The summed E-state index contributed by atoms with van der Waals surface area (Å²) in [5.41, 5.74) is 7.62. The van der Waals surface area contributed by atoms with E-state index in [-0.39, 0.29) is 11.8 Å².